The highest BCUT2D eigenvalue weighted by molar-refractivity contribution is 5.36. The summed E-state index contributed by atoms with van der Waals surface area (Å²) in [5.74, 6) is 1.89. The number of hydrogen-bond acceptors (Lipinski definition) is 5. The highest BCUT2D eigenvalue weighted by atomic mass is 16.5. The molecule has 2 aromatic carbocycles. The highest BCUT2D eigenvalue weighted by Gasteiger charge is 2.20. The summed E-state index contributed by atoms with van der Waals surface area (Å²) in [6.07, 6.45) is 0. The number of nitrogens with zero attached hydrogens (tertiary/aromatic N) is 3. The predicted molar refractivity (Wildman–Crippen MR) is 108 cm³/mol. The van der Waals surface area contributed by atoms with Crippen LogP contribution in [0.5, 0.6) is 5.75 Å². The molecule has 0 bridgehead atoms. The molecule has 0 amide bonds. The van der Waals surface area contributed by atoms with Gasteiger partial charge in [-0.15, -0.1) is 0 Å². The lowest BCUT2D eigenvalue weighted by Crippen LogP contribution is -2.27. The van der Waals surface area contributed by atoms with Gasteiger partial charge in [-0.25, -0.2) is 4.79 Å². The van der Waals surface area contributed by atoms with E-state index < -0.39 is 0 Å². The van der Waals surface area contributed by atoms with Gasteiger partial charge in [-0.1, -0.05) is 24.3 Å². The Labute approximate surface area is 163 Å². The van der Waals surface area contributed by atoms with Crippen LogP contribution in [0.25, 0.3) is 5.69 Å². The van der Waals surface area contributed by atoms with Crippen molar-refractivity contribution in [2.45, 2.75) is 25.8 Å². The molecule has 0 spiro atoms. The fraction of sp³-hybridized carbons (Fsp3) is 0.333. The number of aryl methyl sites for hydroxylation is 1. The minimum Gasteiger partial charge on any atom is -0.497 e. The van der Waals surface area contributed by atoms with Crippen molar-refractivity contribution in [3.8, 4) is 11.4 Å². The smallest absolute Gasteiger partial charge is 0.351 e. The molecule has 2 N–H and O–H groups in total. The van der Waals surface area contributed by atoms with Crippen molar-refractivity contribution in [2.75, 3.05) is 20.2 Å². The molecular formula is C21H25N5O2. The topological polar surface area (TPSA) is 73.1 Å². The molecule has 1 aliphatic rings. The van der Waals surface area contributed by atoms with E-state index in [1.807, 2.05) is 50.2 Å². The van der Waals surface area contributed by atoms with E-state index in [1.54, 1.807) is 11.7 Å². The Balaban J connectivity index is 1.66. The van der Waals surface area contributed by atoms with Gasteiger partial charge in [0.25, 0.3) is 0 Å². The first-order valence-electron chi connectivity index (χ1n) is 9.46. The zero-order chi connectivity index (χ0) is 19.7. The quantitative estimate of drug-likeness (QED) is 0.711. The minimum atomic E-state index is -0.148. The third kappa shape index (κ3) is 3.34. The van der Waals surface area contributed by atoms with Crippen molar-refractivity contribution < 1.29 is 4.74 Å². The van der Waals surface area contributed by atoms with Gasteiger partial charge < -0.3 is 4.74 Å². The Kier molecular flexibility index (Phi) is 5.02. The summed E-state index contributed by atoms with van der Waals surface area (Å²) >= 11 is 0. The van der Waals surface area contributed by atoms with Crippen LogP contribution in [0.1, 0.15) is 35.8 Å². The lowest BCUT2D eigenvalue weighted by molar-refractivity contribution is 0.413. The molecule has 0 aliphatic carbocycles. The van der Waals surface area contributed by atoms with Crippen molar-refractivity contribution in [1.29, 1.82) is 0 Å². The van der Waals surface area contributed by atoms with Gasteiger partial charge in [-0.2, -0.15) is 9.78 Å². The molecule has 2 heterocycles. The number of hydrogen-bond donors (Lipinski definition) is 2. The summed E-state index contributed by atoms with van der Waals surface area (Å²) in [6.45, 7) is 5.67. The molecule has 1 unspecified atom stereocenters. The molecule has 1 aliphatic heterocycles. The largest absolute Gasteiger partial charge is 0.497 e. The first kappa shape index (κ1) is 18.5. The first-order chi connectivity index (χ1) is 13.6. The van der Waals surface area contributed by atoms with Gasteiger partial charge in [0.2, 0.25) is 0 Å². The summed E-state index contributed by atoms with van der Waals surface area (Å²) in [5.41, 5.74) is 9.16. The zero-order valence-electron chi connectivity index (χ0n) is 16.3. The highest BCUT2D eigenvalue weighted by Crippen LogP contribution is 2.23. The van der Waals surface area contributed by atoms with Crippen molar-refractivity contribution >= 4 is 0 Å². The van der Waals surface area contributed by atoms with Crippen LogP contribution < -0.4 is 21.3 Å². The number of benzene rings is 2. The molecule has 146 valence electrons. The molecule has 1 fully saturated rings. The maximum absolute atomic E-state index is 13.1. The summed E-state index contributed by atoms with van der Waals surface area (Å²) < 4.78 is 8.50. The second-order valence-electron chi connectivity index (χ2n) is 7.11. The predicted octanol–water partition coefficient (Wildman–Crippen LogP) is 2.15. The average molecular weight is 379 g/mol. The standard InChI is InChI=1S/C21H25N5O2/c1-14(17-5-4-6-20(11-17)28-3)25-15(2)24-26(21(25)27)19-9-7-16(8-10-19)18-12-22-23-13-18/h4-11,14,18,22-23H,12-13H2,1-3H3. The van der Waals surface area contributed by atoms with Crippen LogP contribution in [-0.4, -0.2) is 34.5 Å². The normalized spacial score (nSPS) is 15.7. The van der Waals surface area contributed by atoms with E-state index in [4.69, 9.17) is 4.74 Å². The molecule has 1 aromatic heterocycles. The van der Waals surface area contributed by atoms with E-state index >= 15 is 0 Å². The molecule has 1 saturated heterocycles. The van der Waals surface area contributed by atoms with Crippen molar-refractivity contribution in [2.24, 2.45) is 0 Å². The number of hydrazine groups is 1. The fourth-order valence-corrected chi connectivity index (χ4v) is 3.73. The van der Waals surface area contributed by atoms with Gasteiger partial charge in [0, 0.05) is 19.0 Å². The van der Waals surface area contributed by atoms with Crippen LogP contribution in [-0.2, 0) is 0 Å². The van der Waals surface area contributed by atoms with Gasteiger partial charge in [0.05, 0.1) is 18.8 Å². The fourth-order valence-electron chi connectivity index (χ4n) is 3.73. The second kappa shape index (κ2) is 7.61. The third-order valence-electron chi connectivity index (χ3n) is 5.38. The molecule has 1 atom stereocenters. The lowest BCUT2D eigenvalue weighted by Gasteiger charge is -2.14. The summed E-state index contributed by atoms with van der Waals surface area (Å²) in [7, 11) is 1.64. The van der Waals surface area contributed by atoms with Crippen LogP contribution >= 0.6 is 0 Å². The molecule has 7 nitrogen and oxygen atoms in total. The van der Waals surface area contributed by atoms with E-state index in [2.05, 4.69) is 28.1 Å². The van der Waals surface area contributed by atoms with Gasteiger partial charge in [0.15, 0.2) is 0 Å². The number of aromatic nitrogens is 3. The molecule has 28 heavy (non-hydrogen) atoms. The van der Waals surface area contributed by atoms with Crippen LogP contribution in [0.3, 0.4) is 0 Å². The molecule has 3 aromatic rings. The number of methoxy groups -OCH3 is 1. The monoisotopic (exact) mass is 379 g/mol. The molecule has 7 heteroatoms. The first-order valence-corrected chi connectivity index (χ1v) is 9.46. The molecule has 0 saturated carbocycles. The maximum Gasteiger partial charge on any atom is 0.351 e. The molecular weight excluding hydrogens is 354 g/mol. The average Bonchev–Trinajstić information content (AvgIpc) is 3.36. The van der Waals surface area contributed by atoms with Crippen LogP contribution in [0.2, 0.25) is 0 Å². The Morgan fingerprint density at radius 2 is 1.86 bits per heavy atom. The van der Waals surface area contributed by atoms with Gasteiger partial charge in [0.1, 0.15) is 11.6 Å². The van der Waals surface area contributed by atoms with E-state index in [0.29, 0.717) is 11.7 Å². The van der Waals surface area contributed by atoms with E-state index in [9.17, 15) is 4.79 Å². The maximum atomic E-state index is 13.1. The van der Waals surface area contributed by atoms with Crippen molar-refractivity contribution in [1.82, 2.24) is 25.2 Å². The number of ether oxygens (including phenoxy) is 1. The van der Waals surface area contributed by atoms with Gasteiger partial charge in [-0.3, -0.25) is 15.4 Å². The zero-order valence-corrected chi connectivity index (χ0v) is 16.3. The van der Waals surface area contributed by atoms with Gasteiger partial charge in [-0.05, 0) is 49.2 Å². The number of nitrogens with one attached hydrogen (secondary N) is 2. The van der Waals surface area contributed by atoms with Crippen LogP contribution in [0.15, 0.2) is 53.3 Å². The van der Waals surface area contributed by atoms with Crippen molar-refractivity contribution in [3.05, 3.63) is 76.0 Å². The molecule has 4 rings (SSSR count). The third-order valence-corrected chi connectivity index (χ3v) is 5.38. The van der Waals surface area contributed by atoms with Crippen LogP contribution in [0, 0.1) is 6.92 Å². The van der Waals surface area contributed by atoms with E-state index in [0.717, 1.165) is 30.1 Å². The SMILES string of the molecule is COc1cccc(C(C)n2c(C)nn(-c3ccc(C4CNNC4)cc3)c2=O)c1. The Morgan fingerprint density at radius 1 is 1.14 bits per heavy atom. The van der Waals surface area contributed by atoms with Crippen LogP contribution in [0.4, 0.5) is 0 Å². The summed E-state index contributed by atoms with van der Waals surface area (Å²) in [5, 5.41) is 4.51. The Bertz CT molecular complexity index is 1020. The molecule has 0 radical (unpaired) electrons. The minimum absolute atomic E-state index is 0.147. The van der Waals surface area contributed by atoms with Gasteiger partial charge >= 0.3 is 5.69 Å². The summed E-state index contributed by atoms with van der Waals surface area (Å²) in [6, 6.07) is 15.7. The lowest BCUT2D eigenvalue weighted by atomic mass is 10.0. The Morgan fingerprint density at radius 3 is 2.54 bits per heavy atom. The van der Waals surface area contributed by atoms with E-state index in [-0.39, 0.29) is 11.7 Å². The van der Waals surface area contributed by atoms with E-state index in [1.165, 1.54) is 10.2 Å². The number of rotatable bonds is 5. The second-order valence-corrected chi connectivity index (χ2v) is 7.11. The summed E-state index contributed by atoms with van der Waals surface area (Å²) in [4.78, 5) is 13.1. The Hall–Kier alpha value is -2.90. The van der Waals surface area contributed by atoms with Crippen molar-refractivity contribution in [3.63, 3.8) is 0 Å².